The predicted octanol–water partition coefficient (Wildman–Crippen LogP) is 4.13. The second-order valence-electron chi connectivity index (χ2n) is 5.56. The first-order valence-corrected chi connectivity index (χ1v) is 7.02. The van der Waals surface area contributed by atoms with Crippen molar-refractivity contribution in [1.29, 1.82) is 0 Å². The molecule has 0 radical (unpaired) electrons. The Morgan fingerprint density at radius 1 is 1.28 bits per heavy atom. The number of hydrogen-bond donors (Lipinski definition) is 1. The fourth-order valence-corrected chi connectivity index (χ4v) is 1.77. The van der Waals surface area contributed by atoms with Gasteiger partial charge >= 0.3 is 0 Å². The summed E-state index contributed by atoms with van der Waals surface area (Å²) in [5.41, 5.74) is 1.40. The molecule has 0 aliphatic carbocycles. The molecule has 0 bridgehead atoms. The molecule has 1 aromatic heterocycles. The molecule has 2 heteroatoms. The highest BCUT2D eigenvalue weighted by Crippen LogP contribution is 2.16. The highest BCUT2D eigenvalue weighted by Gasteiger charge is 2.06. The molecule has 1 aromatic rings. The topological polar surface area (TPSA) is 25.2 Å². The Morgan fingerprint density at radius 3 is 2.50 bits per heavy atom. The van der Waals surface area contributed by atoms with Crippen LogP contribution in [-0.2, 0) is 6.42 Å². The van der Waals surface area contributed by atoms with Crippen molar-refractivity contribution in [1.82, 2.24) is 5.32 Å². The molecule has 0 saturated heterocycles. The van der Waals surface area contributed by atoms with Crippen LogP contribution in [0, 0.1) is 11.8 Å². The molecule has 0 spiro atoms. The van der Waals surface area contributed by atoms with E-state index in [1.165, 1.54) is 5.57 Å². The summed E-state index contributed by atoms with van der Waals surface area (Å²) >= 11 is 0. The van der Waals surface area contributed by atoms with Crippen LogP contribution in [0.3, 0.4) is 0 Å². The van der Waals surface area contributed by atoms with Gasteiger partial charge in [0.1, 0.15) is 11.5 Å². The van der Waals surface area contributed by atoms with E-state index in [1.54, 1.807) is 0 Å². The van der Waals surface area contributed by atoms with Crippen LogP contribution in [-0.4, -0.2) is 13.1 Å². The molecule has 0 aliphatic rings. The van der Waals surface area contributed by atoms with Crippen LogP contribution in [0.1, 0.15) is 46.1 Å². The van der Waals surface area contributed by atoms with Gasteiger partial charge in [-0.15, -0.1) is 0 Å². The predicted molar refractivity (Wildman–Crippen MR) is 78.6 cm³/mol. The largest absolute Gasteiger partial charge is 0.462 e. The first-order chi connectivity index (χ1) is 8.52. The van der Waals surface area contributed by atoms with Crippen molar-refractivity contribution in [3.63, 3.8) is 0 Å². The molecule has 1 heterocycles. The number of aryl methyl sites for hydroxylation is 1. The van der Waals surface area contributed by atoms with E-state index in [0.29, 0.717) is 11.8 Å². The summed E-state index contributed by atoms with van der Waals surface area (Å²) in [5, 5.41) is 3.50. The van der Waals surface area contributed by atoms with Gasteiger partial charge in [-0.1, -0.05) is 40.2 Å². The zero-order chi connectivity index (χ0) is 13.5. The Hall–Kier alpha value is -1.02. The molecule has 1 N–H and O–H groups in total. The third-order valence-electron chi connectivity index (χ3n) is 2.98. The van der Waals surface area contributed by atoms with E-state index in [1.807, 2.05) is 0 Å². The minimum atomic E-state index is 0.542. The van der Waals surface area contributed by atoms with Gasteiger partial charge in [0.25, 0.3) is 0 Å². The summed E-state index contributed by atoms with van der Waals surface area (Å²) in [5.74, 6) is 3.26. The summed E-state index contributed by atoms with van der Waals surface area (Å²) in [6, 6.07) is 4.12. The van der Waals surface area contributed by atoms with E-state index in [9.17, 15) is 0 Å². The van der Waals surface area contributed by atoms with Crippen molar-refractivity contribution in [2.45, 2.75) is 41.0 Å². The van der Waals surface area contributed by atoms with E-state index in [2.05, 4.69) is 58.1 Å². The van der Waals surface area contributed by atoms with Crippen LogP contribution < -0.4 is 5.32 Å². The fraction of sp³-hybridized carbons (Fsp3) is 0.625. The Morgan fingerprint density at radius 2 is 2.00 bits per heavy atom. The summed E-state index contributed by atoms with van der Waals surface area (Å²) in [4.78, 5) is 0. The Balaban J connectivity index is 2.65. The minimum Gasteiger partial charge on any atom is -0.462 e. The van der Waals surface area contributed by atoms with Crippen LogP contribution in [0.2, 0.25) is 0 Å². The summed E-state index contributed by atoms with van der Waals surface area (Å²) in [7, 11) is 0. The number of hydrogen-bond acceptors (Lipinski definition) is 2. The fourth-order valence-electron chi connectivity index (χ4n) is 1.77. The number of rotatable bonds is 7. The lowest BCUT2D eigenvalue weighted by atomic mass is 10.0. The Labute approximate surface area is 111 Å². The molecular weight excluding hydrogens is 222 g/mol. The van der Waals surface area contributed by atoms with Crippen LogP contribution in [0.5, 0.6) is 0 Å². The second-order valence-corrected chi connectivity index (χ2v) is 5.56. The maximum atomic E-state index is 5.74. The lowest BCUT2D eigenvalue weighted by Crippen LogP contribution is -2.23. The molecule has 0 aromatic carbocycles. The van der Waals surface area contributed by atoms with E-state index in [4.69, 9.17) is 4.42 Å². The van der Waals surface area contributed by atoms with Gasteiger partial charge in [-0.25, -0.2) is 0 Å². The minimum absolute atomic E-state index is 0.542. The molecule has 18 heavy (non-hydrogen) atoms. The molecule has 1 rings (SSSR count). The van der Waals surface area contributed by atoms with Crippen LogP contribution in [0.15, 0.2) is 22.1 Å². The van der Waals surface area contributed by atoms with Crippen molar-refractivity contribution >= 4 is 6.08 Å². The van der Waals surface area contributed by atoms with E-state index < -0.39 is 0 Å². The maximum absolute atomic E-state index is 5.74. The smallest absolute Gasteiger partial charge is 0.127 e. The van der Waals surface area contributed by atoms with E-state index >= 15 is 0 Å². The van der Waals surface area contributed by atoms with Crippen molar-refractivity contribution in [2.24, 2.45) is 11.8 Å². The SMILES string of the molecule is CCc1ccc(C=C(CNCC(C)C)C(C)C)o1. The molecular formula is C16H27NO. The lowest BCUT2D eigenvalue weighted by molar-refractivity contribution is 0.505. The second kappa shape index (κ2) is 7.42. The van der Waals surface area contributed by atoms with Gasteiger partial charge in [-0.2, -0.15) is 0 Å². The van der Waals surface area contributed by atoms with E-state index in [-0.39, 0.29) is 0 Å². The van der Waals surface area contributed by atoms with Crippen LogP contribution in [0.25, 0.3) is 6.08 Å². The summed E-state index contributed by atoms with van der Waals surface area (Å²) in [6.45, 7) is 13.0. The Bertz CT molecular complexity index is 374. The van der Waals surface area contributed by atoms with Crippen LogP contribution >= 0.6 is 0 Å². The maximum Gasteiger partial charge on any atom is 0.127 e. The summed E-state index contributed by atoms with van der Waals surface area (Å²) < 4.78 is 5.74. The lowest BCUT2D eigenvalue weighted by Gasteiger charge is -2.13. The van der Waals surface area contributed by atoms with Crippen molar-refractivity contribution in [3.8, 4) is 0 Å². The molecule has 0 aliphatic heterocycles. The third-order valence-corrected chi connectivity index (χ3v) is 2.98. The van der Waals surface area contributed by atoms with Gasteiger partial charge in [0.15, 0.2) is 0 Å². The molecule has 2 nitrogen and oxygen atoms in total. The van der Waals surface area contributed by atoms with Gasteiger partial charge in [0, 0.05) is 13.0 Å². The molecule has 0 unspecified atom stereocenters. The Kier molecular flexibility index (Phi) is 6.20. The quantitative estimate of drug-likeness (QED) is 0.786. The molecule has 0 fully saturated rings. The van der Waals surface area contributed by atoms with Gasteiger partial charge in [0.2, 0.25) is 0 Å². The number of furan rings is 1. The number of nitrogens with one attached hydrogen (secondary N) is 1. The third kappa shape index (κ3) is 5.09. The first-order valence-electron chi connectivity index (χ1n) is 7.02. The standard InChI is InChI=1S/C16H27NO/c1-6-15-7-8-16(18-15)9-14(13(4)5)11-17-10-12(2)3/h7-9,12-13,17H,6,10-11H2,1-5H3. The highest BCUT2D eigenvalue weighted by molar-refractivity contribution is 5.48. The zero-order valence-electron chi connectivity index (χ0n) is 12.4. The average Bonchev–Trinajstić information content (AvgIpc) is 2.74. The molecule has 102 valence electrons. The van der Waals surface area contributed by atoms with Crippen molar-refractivity contribution in [3.05, 3.63) is 29.2 Å². The molecule has 0 atom stereocenters. The van der Waals surface area contributed by atoms with Crippen molar-refractivity contribution in [2.75, 3.05) is 13.1 Å². The monoisotopic (exact) mass is 249 g/mol. The van der Waals surface area contributed by atoms with Gasteiger partial charge in [0.05, 0.1) is 0 Å². The molecule has 0 amide bonds. The summed E-state index contributed by atoms with van der Waals surface area (Å²) in [6.07, 6.45) is 3.13. The highest BCUT2D eigenvalue weighted by atomic mass is 16.3. The van der Waals surface area contributed by atoms with Gasteiger partial charge < -0.3 is 9.73 Å². The zero-order valence-corrected chi connectivity index (χ0v) is 12.4. The van der Waals surface area contributed by atoms with Crippen molar-refractivity contribution < 1.29 is 4.42 Å². The van der Waals surface area contributed by atoms with Gasteiger partial charge in [-0.05, 0) is 36.6 Å². The normalized spacial score (nSPS) is 12.7. The average molecular weight is 249 g/mol. The molecule has 0 saturated carbocycles. The van der Waals surface area contributed by atoms with Gasteiger partial charge in [-0.3, -0.25) is 0 Å². The van der Waals surface area contributed by atoms with Crippen LogP contribution in [0.4, 0.5) is 0 Å². The van der Waals surface area contributed by atoms with E-state index in [0.717, 1.165) is 31.0 Å². The first kappa shape index (κ1) is 15.0.